The molecule has 4 heteroatoms. The Morgan fingerprint density at radius 3 is 2.59 bits per heavy atom. The summed E-state index contributed by atoms with van der Waals surface area (Å²) in [6, 6.07) is 1.98. The number of nitrogens with zero attached hydrogens (tertiary/aromatic N) is 1. The Kier molecular flexibility index (Phi) is 2.82. The van der Waals surface area contributed by atoms with Crippen molar-refractivity contribution < 1.29 is 9.53 Å². The van der Waals surface area contributed by atoms with Gasteiger partial charge in [0.05, 0.1) is 18.8 Å². The molecule has 4 unspecified atom stereocenters. The molecule has 4 fully saturated rings. The summed E-state index contributed by atoms with van der Waals surface area (Å²) in [5.74, 6) is 0.354. The highest BCUT2D eigenvalue weighted by Gasteiger charge is 2.58. The number of rotatable bonds is 1. The lowest BCUT2D eigenvalue weighted by Crippen LogP contribution is -2.69. The van der Waals surface area contributed by atoms with Crippen LogP contribution in [0.4, 0.5) is 0 Å². The van der Waals surface area contributed by atoms with E-state index in [2.05, 4.69) is 10.2 Å². The first kappa shape index (κ1) is 13.6. The van der Waals surface area contributed by atoms with Gasteiger partial charge in [0, 0.05) is 41.7 Å². The van der Waals surface area contributed by atoms with Crippen LogP contribution in [0.5, 0.6) is 0 Å². The van der Waals surface area contributed by atoms with Gasteiger partial charge in [0.1, 0.15) is 0 Å². The van der Waals surface area contributed by atoms with Gasteiger partial charge in [-0.25, -0.2) is 0 Å². The molecule has 2 bridgehead atoms. The van der Waals surface area contributed by atoms with Gasteiger partial charge < -0.3 is 15.0 Å². The highest BCUT2D eigenvalue weighted by atomic mass is 16.5. The Balaban J connectivity index is 1.41. The molecule has 4 atom stereocenters. The average molecular weight is 302 g/mol. The highest BCUT2D eigenvalue weighted by Crippen LogP contribution is 2.53. The van der Waals surface area contributed by atoms with Gasteiger partial charge in [-0.3, -0.25) is 4.79 Å². The van der Waals surface area contributed by atoms with Crippen LogP contribution < -0.4 is 5.32 Å². The molecule has 0 radical (unpaired) electrons. The summed E-state index contributed by atoms with van der Waals surface area (Å²) in [7, 11) is 0. The lowest BCUT2D eigenvalue weighted by Gasteiger charge is -2.61. The summed E-state index contributed by atoms with van der Waals surface area (Å²) in [6.45, 7) is 4.01. The first-order valence-electron chi connectivity index (χ1n) is 9.03. The first-order chi connectivity index (χ1) is 10.7. The second-order valence-corrected chi connectivity index (χ2v) is 8.17. The van der Waals surface area contributed by atoms with Gasteiger partial charge in [0.15, 0.2) is 5.78 Å². The quantitative estimate of drug-likeness (QED) is 0.804. The number of hydrogen-bond acceptors (Lipinski definition) is 4. The topological polar surface area (TPSA) is 41.6 Å². The van der Waals surface area contributed by atoms with Crippen molar-refractivity contribution in [3.8, 4) is 0 Å². The van der Waals surface area contributed by atoms with Gasteiger partial charge in [-0.1, -0.05) is 0 Å². The van der Waals surface area contributed by atoms with Crippen LogP contribution in [0.15, 0.2) is 11.3 Å². The molecule has 4 heterocycles. The number of likely N-dealkylation sites (tertiary alicyclic amines) is 1. The number of nitrogens with one attached hydrogen (secondary N) is 1. The van der Waals surface area contributed by atoms with Gasteiger partial charge in [0.2, 0.25) is 0 Å². The zero-order chi connectivity index (χ0) is 14.9. The maximum Gasteiger partial charge on any atom is 0.160 e. The number of fused-ring (bicyclic) bond motifs is 4. The monoisotopic (exact) mass is 302 g/mol. The van der Waals surface area contributed by atoms with Crippen LogP contribution in [0.1, 0.15) is 51.9 Å². The summed E-state index contributed by atoms with van der Waals surface area (Å²) >= 11 is 0. The summed E-state index contributed by atoms with van der Waals surface area (Å²) < 4.78 is 6.13. The summed E-state index contributed by atoms with van der Waals surface area (Å²) in [5.41, 5.74) is 2.76. The lowest BCUT2D eigenvalue weighted by atomic mass is 9.63. The molecule has 1 aliphatic carbocycles. The number of ether oxygens (including phenoxy) is 1. The van der Waals surface area contributed by atoms with Crippen LogP contribution in [0, 0.1) is 5.41 Å². The SMILES string of the molecule is CC1=C(N2CCC3(CC4CCC(C3)N4)C3OCC32)CCC1=O. The average Bonchev–Trinajstić information content (AvgIpc) is 2.96. The molecule has 0 amide bonds. The second kappa shape index (κ2) is 4.57. The van der Waals surface area contributed by atoms with Crippen LogP contribution in [0.2, 0.25) is 0 Å². The van der Waals surface area contributed by atoms with E-state index in [1.807, 2.05) is 6.92 Å². The molecule has 4 aliphatic heterocycles. The van der Waals surface area contributed by atoms with Crippen molar-refractivity contribution in [1.82, 2.24) is 10.2 Å². The van der Waals surface area contributed by atoms with Gasteiger partial charge in [-0.15, -0.1) is 0 Å². The molecule has 0 aromatic rings. The van der Waals surface area contributed by atoms with E-state index >= 15 is 0 Å². The van der Waals surface area contributed by atoms with Crippen molar-refractivity contribution in [3.63, 3.8) is 0 Å². The van der Waals surface area contributed by atoms with Crippen molar-refractivity contribution in [3.05, 3.63) is 11.3 Å². The zero-order valence-corrected chi connectivity index (χ0v) is 13.4. The summed E-state index contributed by atoms with van der Waals surface area (Å²) in [6.07, 6.45) is 8.63. The van der Waals surface area contributed by atoms with Gasteiger partial charge in [-0.2, -0.15) is 0 Å². The van der Waals surface area contributed by atoms with Crippen LogP contribution in [0.25, 0.3) is 0 Å². The highest BCUT2D eigenvalue weighted by molar-refractivity contribution is 5.97. The molecule has 4 nitrogen and oxygen atoms in total. The molecular weight excluding hydrogens is 276 g/mol. The Hall–Kier alpha value is -0.870. The Labute approximate surface area is 132 Å². The Morgan fingerprint density at radius 1 is 1.23 bits per heavy atom. The maximum atomic E-state index is 11.9. The third-order valence-electron chi connectivity index (χ3n) is 7.08. The number of allylic oxidation sites excluding steroid dienone is 2. The third kappa shape index (κ3) is 1.74. The fraction of sp³-hybridized carbons (Fsp3) is 0.833. The van der Waals surface area contributed by atoms with Crippen molar-refractivity contribution in [1.29, 1.82) is 0 Å². The van der Waals surface area contributed by atoms with Crippen molar-refractivity contribution >= 4 is 5.78 Å². The number of hydrogen-bond donors (Lipinski definition) is 1. The maximum absolute atomic E-state index is 11.9. The molecule has 0 aromatic carbocycles. The summed E-state index contributed by atoms with van der Waals surface area (Å²) in [5, 5.41) is 3.78. The van der Waals surface area contributed by atoms with Crippen LogP contribution in [-0.4, -0.2) is 48.1 Å². The van der Waals surface area contributed by atoms with E-state index in [9.17, 15) is 4.79 Å². The number of Topliss-reactive ketones (excluding diaryl/α,β-unsaturated/α-hetero) is 1. The van der Waals surface area contributed by atoms with E-state index in [1.54, 1.807) is 0 Å². The number of ketones is 1. The standard InChI is InChI=1S/C18H26N2O2/c1-11-14(4-5-16(11)21)20-7-6-18(17-15(20)10-22-17)8-12-2-3-13(9-18)19-12/h12-13,15,17,19H,2-10H2,1H3. The molecular formula is C18H26N2O2. The fourth-order valence-corrected chi connectivity index (χ4v) is 5.96. The minimum absolute atomic E-state index is 0.354. The number of piperidine rings is 2. The minimum Gasteiger partial charge on any atom is -0.373 e. The van der Waals surface area contributed by atoms with Gasteiger partial charge >= 0.3 is 0 Å². The van der Waals surface area contributed by atoms with E-state index in [4.69, 9.17) is 4.74 Å². The molecule has 0 aromatic heterocycles. The number of carbonyl (C=O) groups excluding carboxylic acids is 1. The first-order valence-corrected chi connectivity index (χ1v) is 9.03. The van der Waals surface area contributed by atoms with Crippen LogP contribution in [0.3, 0.4) is 0 Å². The molecule has 0 saturated carbocycles. The van der Waals surface area contributed by atoms with Crippen molar-refractivity contribution in [2.24, 2.45) is 5.41 Å². The molecule has 22 heavy (non-hydrogen) atoms. The molecule has 5 aliphatic rings. The molecule has 4 saturated heterocycles. The second-order valence-electron chi connectivity index (χ2n) is 8.17. The predicted molar refractivity (Wildman–Crippen MR) is 83.4 cm³/mol. The normalized spacial score (nSPS) is 47.1. The van der Waals surface area contributed by atoms with Crippen molar-refractivity contribution in [2.45, 2.75) is 76.1 Å². The van der Waals surface area contributed by atoms with E-state index in [1.165, 1.54) is 37.8 Å². The van der Waals surface area contributed by atoms with E-state index in [0.717, 1.165) is 43.7 Å². The number of carbonyl (C=O) groups is 1. The van der Waals surface area contributed by atoms with Gasteiger partial charge in [0.25, 0.3) is 0 Å². The van der Waals surface area contributed by atoms with Crippen LogP contribution in [-0.2, 0) is 9.53 Å². The Morgan fingerprint density at radius 2 is 2.00 bits per heavy atom. The largest absolute Gasteiger partial charge is 0.373 e. The Bertz CT molecular complexity index is 543. The van der Waals surface area contributed by atoms with Crippen LogP contribution >= 0.6 is 0 Å². The van der Waals surface area contributed by atoms with E-state index in [0.29, 0.717) is 23.3 Å². The van der Waals surface area contributed by atoms with E-state index in [-0.39, 0.29) is 0 Å². The summed E-state index contributed by atoms with van der Waals surface area (Å²) in [4.78, 5) is 14.4. The third-order valence-corrected chi connectivity index (χ3v) is 7.08. The minimum atomic E-state index is 0.354. The zero-order valence-electron chi connectivity index (χ0n) is 13.4. The molecule has 5 rings (SSSR count). The molecule has 120 valence electrons. The fourth-order valence-electron chi connectivity index (χ4n) is 5.96. The smallest absolute Gasteiger partial charge is 0.160 e. The van der Waals surface area contributed by atoms with Crippen molar-refractivity contribution in [2.75, 3.05) is 13.2 Å². The predicted octanol–water partition coefficient (Wildman–Crippen LogP) is 2.00. The van der Waals surface area contributed by atoms with Gasteiger partial charge in [-0.05, 0) is 45.4 Å². The molecule has 1 spiro atoms. The lowest BCUT2D eigenvalue weighted by molar-refractivity contribution is -0.220. The van der Waals surface area contributed by atoms with E-state index < -0.39 is 0 Å². The molecule has 1 N–H and O–H groups in total.